The molecule has 1 aliphatic heterocycles. The molecule has 1 aliphatic carbocycles. The van der Waals surface area contributed by atoms with E-state index in [1.807, 2.05) is 12.1 Å². The number of fused-ring (bicyclic) bond motifs is 1. The van der Waals surface area contributed by atoms with E-state index >= 15 is 0 Å². The van der Waals surface area contributed by atoms with Gasteiger partial charge in [0.2, 0.25) is 0 Å². The van der Waals surface area contributed by atoms with Crippen molar-refractivity contribution in [1.82, 2.24) is 4.90 Å². The van der Waals surface area contributed by atoms with Gasteiger partial charge < -0.3 is 9.84 Å². The van der Waals surface area contributed by atoms with Crippen molar-refractivity contribution in [2.45, 2.75) is 38.6 Å². The van der Waals surface area contributed by atoms with Gasteiger partial charge in [-0.2, -0.15) is 0 Å². The van der Waals surface area contributed by atoms with Crippen LogP contribution in [0.1, 0.15) is 37.7 Å². The third-order valence-electron chi connectivity index (χ3n) is 5.03. The summed E-state index contributed by atoms with van der Waals surface area (Å²) in [5, 5.41) is 9.66. The van der Waals surface area contributed by atoms with Gasteiger partial charge in [0.05, 0.1) is 7.11 Å². The number of ether oxygens (including phenoxy) is 1. The number of nitrogens with zero attached hydrogens (tertiary/aromatic N) is 1. The highest BCUT2D eigenvalue weighted by atomic mass is 16.5. The Hall–Kier alpha value is -1.22. The van der Waals surface area contributed by atoms with Gasteiger partial charge in [-0.25, -0.2) is 0 Å². The Kier molecular flexibility index (Phi) is 4.16. The summed E-state index contributed by atoms with van der Waals surface area (Å²) in [7, 11) is 1.60. The Balaban J connectivity index is 1.63. The average Bonchev–Trinajstić information content (AvgIpc) is 2.49. The Morgan fingerprint density at radius 1 is 1.20 bits per heavy atom. The van der Waals surface area contributed by atoms with Crippen LogP contribution in [0.15, 0.2) is 18.2 Å². The molecule has 0 spiro atoms. The van der Waals surface area contributed by atoms with Crippen LogP contribution in [0.2, 0.25) is 0 Å². The predicted octanol–water partition coefficient (Wildman–Crippen LogP) is 3.41. The highest BCUT2D eigenvalue weighted by molar-refractivity contribution is 5.41. The van der Waals surface area contributed by atoms with Crippen LogP contribution in [0.4, 0.5) is 0 Å². The molecule has 3 nitrogen and oxygen atoms in total. The highest BCUT2D eigenvalue weighted by Crippen LogP contribution is 2.36. The zero-order valence-corrected chi connectivity index (χ0v) is 12.3. The van der Waals surface area contributed by atoms with Gasteiger partial charge in [0.15, 0.2) is 11.5 Å². The molecule has 2 atom stereocenters. The lowest BCUT2D eigenvalue weighted by atomic mass is 9.75. The second-order valence-electron chi connectivity index (χ2n) is 6.33. The lowest BCUT2D eigenvalue weighted by Gasteiger charge is -2.41. The molecule has 3 rings (SSSR count). The molecule has 20 heavy (non-hydrogen) atoms. The minimum absolute atomic E-state index is 0.224. The van der Waals surface area contributed by atoms with Crippen LogP contribution in [-0.4, -0.2) is 30.2 Å². The summed E-state index contributed by atoms with van der Waals surface area (Å²) in [6.45, 7) is 3.43. The molecular weight excluding hydrogens is 250 g/mol. The molecule has 0 amide bonds. The molecule has 110 valence electrons. The van der Waals surface area contributed by atoms with Gasteiger partial charge in [0.1, 0.15) is 0 Å². The molecule has 1 aromatic carbocycles. The minimum Gasteiger partial charge on any atom is -0.504 e. The minimum atomic E-state index is 0.224. The first-order chi connectivity index (χ1) is 9.76. The number of likely N-dealkylation sites (tertiary alicyclic amines) is 1. The predicted molar refractivity (Wildman–Crippen MR) is 80.0 cm³/mol. The largest absolute Gasteiger partial charge is 0.504 e. The van der Waals surface area contributed by atoms with E-state index in [1.54, 1.807) is 13.2 Å². The molecule has 0 bridgehead atoms. The summed E-state index contributed by atoms with van der Waals surface area (Å²) in [5.41, 5.74) is 1.23. The van der Waals surface area contributed by atoms with Crippen LogP contribution in [-0.2, 0) is 6.54 Å². The molecule has 2 aliphatic rings. The summed E-state index contributed by atoms with van der Waals surface area (Å²) in [6, 6.07) is 5.70. The molecule has 2 unspecified atom stereocenters. The van der Waals surface area contributed by atoms with Crippen LogP contribution in [0, 0.1) is 11.8 Å². The smallest absolute Gasteiger partial charge is 0.160 e. The number of rotatable bonds is 3. The first-order valence-corrected chi connectivity index (χ1v) is 7.84. The zero-order valence-electron chi connectivity index (χ0n) is 12.3. The van der Waals surface area contributed by atoms with Crippen LogP contribution >= 0.6 is 0 Å². The van der Waals surface area contributed by atoms with E-state index in [0.29, 0.717) is 5.75 Å². The van der Waals surface area contributed by atoms with Gasteiger partial charge in [-0.15, -0.1) is 0 Å². The molecule has 0 aromatic heterocycles. The molecule has 0 radical (unpaired) electrons. The van der Waals surface area contributed by atoms with E-state index < -0.39 is 0 Å². The fourth-order valence-corrected chi connectivity index (χ4v) is 3.90. The first kappa shape index (κ1) is 13.7. The number of piperidine rings is 1. The van der Waals surface area contributed by atoms with Gasteiger partial charge in [-0.05, 0) is 48.9 Å². The van der Waals surface area contributed by atoms with Gasteiger partial charge in [0, 0.05) is 13.1 Å². The Bertz CT molecular complexity index is 460. The van der Waals surface area contributed by atoms with Crippen molar-refractivity contribution in [2.75, 3.05) is 20.2 Å². The average molecular weight is 275 g/mol. The number of phenolic OH excluding ortho intramolecular Hbond substituents is 1. The van der Waals surface area contributed by atoms with Crippen molar-refractivity contribution in [1.29, 1.82) is 0 Å². The summed E-state index contributed by atoms with van der Waals surface area (Å²) in [4.78, 5) is 2.57. The highest BCUT2D eigenvalue weighted by Gasteiger charge is 2.30. The van der Waals surface area contributed by atoms with Crippen molar-refractivity contribution >= 4 is 0 Å². The topological polar surface area (TPSA) is 32.7 Å². The second-order valence-corrected chi connectivity index (χ2v) is 6.33. The Morgan fingerprint density at radius 3 is 2.80 bits per heavy atom. The number of benzene rings is 1. The summed E-state index contributed by atoms with van der Waals surface area (Å²) >= 11 is 0. The van der Waals surface area contributed by atoms with E-state index in [9.17, 15) is 5.11 Å². The fourth-order valence-electron chi connectivity index (χ4n) is 3.90. The van der Waals surface area contributed by atoms with Crippen molar-refractivity contribution in [3.8, 4) is 11.5 Å². The summed E-state index contributed by atoms with van der Waals surface area (Å²) in [5.74, 6) is 2.70. The molecule has 1 heterocycles. The molecule has 1 aromatic rings. The van der Waals surface area contributed by atoms with Crippen LogP contribution in [0.25, 0.3) is 0 Å². The van der Waals surface area contributed by atoms with E-state index in [1.165, 1.54) is 50.8 Å². The molecule has 3 heteroatoms. The van der Waals surface area contributed by atoms with Gasteiger partial charge in [0.25, 0.3) is 0 Å². The number of phenols is 1. The van der Waals surface area contributed by atoms with Crippen molar-refractivity contribution in [2.24, 2.45) is 11.8 Å². The molecular formula is C17H25NO2. The van der Waals surface area contributed by atoms with Crippen LogP contribution in [0.5, 0.6) is 11.5 Å². The van der Waals surface area contributed by atoms with E-state index in [4.69, 9.17) is 4.74 Å². The molecule has 1 saturated heterocycles. The maximum atomic E-state index is 9.66. The molecule has 1 saturated carbocycles. The van der Waals surface area contributed by atoms with E-state index in [-0.39, 0.29) is 5.75 Å². The van der Waals surface area contributed by atoms with Gasteiger partial charge in [-0.3, -0.25) is 4.90 Å². The van der Waals surface area contributed by atoms with Gasteiger partial charge in [-0.1, -0.05) is 25.3 Å². The Morgan fingerprint density at radius 2 is 2.00 bits per heavy atom. The first-order valence-electron chi connectivity index (χ1n) is 7.84. The van der Waals surface area contributed by atoms with Crippen LogP contribution in [0.3, 0.4) is 0 Å². The van der Waals surface area contributed by atoms with Crippen molar-refractivity contribution in [3.63, 3.8) is 0 Å². The van der Waals surface area contributed by atoms with Gasteiger partial charge >= 0.3 is 0 Å². The zero-order chi connectivity index (χ0) is 13.9. The van der Waals surface area contributed by atoms with E-state index in [2.05, 4.69) is 4.90 Å². The quantitative estimate of drug-likeness (QED) is 0.917. The standard InChI is InChI=1S/C17H25NO2/c1-20-17-10-13(6-7-16(17)19)11-18-9-8-14-4-2-3-5-15(14)12-18/h6-7,10,14-15,19H,2-5,8-9,11-12H2,1H3. The SMILES string of the molecule is COc1cc(CN2CCC3CCCCC3C2)ccc1O. The third kappa shape index (κ3) is 2.93. The number of hydrogen-bond acceptors (Lipinski definition) is 3. The monoisotopic (exact) mass is 275 g/mol. The fraction of sp³-hybridized carbons (Fsp3) is 0.647. The molecule has 2 fully saturated rings. The number of hydrogen-bond donors (Lipinski definition) is 1. The number of methoxy groups -OCH3 is 1. The van der Waals surface area contributed by atoms with E-state index in [0.717, 1.165) is 18.4 Å². The lowest BCUT2D eigenvalue weighted by molar-refractivity contribution is 0.0820. The second kappa shape index (κ2) is 6.04. The van der Waals surface area contributed by atoms with Crippen molar-refractivity contribution in [3.05, 3.63) is 23.8 Å². The third-order valence-corrected chi connectivity index (χ3v) is 5.03. The number of aromatic hydroxyl groups is 1. The Labute approximate surface area is 121 Å². The maximum Gasteiger partial charge on any atom is 0.160 e. The summed E-state index contributed by atoms with van der Waals surface area (Å²) < 4.78 is 5.19. The normalized spacial score (nSPS) is 27.1. The summed E-state index contributed by atoms with van der Waals surface area (Å²) in [6.07, 6.45) is 7.09. The van der Waals surface area contributed by atoms with Crippen LogP contribution < -0.4 is 4.74 Å². The lowest BCUT2D eigenvalue weighted by Crippen LogP contribution is -2.41. The maximum absolute atomic E-state index is 9.66. The molecule has 1 N–H and O–H groups in total. The van der Waals surface area contributed by atoms with Crippen molar-refractivity contribution < 1.29 is 9.84 Å².